The van der Waals surface area contributed by atoms with Crippen molar-refractivity contribution in [1.29, 1.82) is 0 Å². The molecule has 1 aliphatic heterocycles. The summed E-state index contributed by atoms with van der Waals surface area (Å²) in [5, 5.41) is 0. The molecule has 2 aromatic rings. The molecular formula is C20H20F2N2O3. The van der Waals surface area contributed by atoms with E-state index in [0.29, 0.717) is 13.1 Å². The second-order valence-electron chi connectivity index (χ2n) is 6.47. The predicted octanol–water partition coefficient (Wildman–Crippen LogP) is 2.77. The van der Waals surface area contributed by atoms with Gasteiger partial charge in [-0.3, -0.25) is 9.59 Å². The number of carbonyl (C=O) groups excluding carboxylic acids is 2. The topological polar surface area (TPSA) is 49.9 Å². The SMILES string of the molecule is COc1ccc(F)c(C(=O)N2CCN(Cc3ccc(C)cc3)C(=O)C2)c1F. The van der Waals surface area contributed by atoms with Crippen molar-refractivity contribution in [2.75, 3.05) is 26.7 Å². The van der Waals surface area contributed by atoms with E-state index in [1.165, 1.54) is 7.11 Å². The molecule has 27 heavy (non-hydrogen) atoms. The highest BCUT2D eigenvalue weighted by atomic mass is 19.1. The average molecular weight is 374 g/mol. The number of hydrogen-bond acceptors (Lipinski definition) is 3. The minimum atomic E-state index is -1.06. The van der Waals surface area contributed by atoms with Crippen LogP contribution < -0.4 is 4.74 Å². The first-order valence-corrected chi connectivity index (χ1v) is 8.55. The molecule has 1 saturated heterocycles. The summed E-state index contributed by atoms with van der Waals surface area (Å²) in [4.78, 5) is 27.8. The van der Waals surface area contributed by atoms with Gasteiger partial charge in [0.2, 0.25) is 5.91 Å². The number of carbonyl (C=O) groups is 2. The zero-order chi connectivity index (χ0) is 19.6. The molecule has 0 bridgehead atoms. The fourth-order valence-electron chi connectivity index (χ4n) is 3.01. The van der Waals surface area contributed by atoms with Crippen molar-refractivity contribution in [3.05, 3.63) is 64.7 Å². The van der Waals surface area contributed by atoms with Gasteiger partial charge in [0.05, 0.1) is 7.11 Å². The Morgan fingerprint density at radius 2 is 1.81 bits per heavy atom. The molecule has 1 heterocycles. The number of amides is 2. The van der Waals surface area contributed by atoms with E-state index in [-0.39, 0.29) is 24.7 Å². The van der Waals surface area contributed by atoms with Crippen molar-refractivity contribution < 1.29 is 23.1 Å². The van der Waals surface area contributed by atoms with E-state index in [2.05, 4.69) is 0 Å². The average Bonchev–Trinajstić information content (AvgIpc) is 2.65. The van der Waals surface area contributed by atoms with Crippen LogP contribution in [0, 0.1) is 18.6 Å². The highest BCUT2D eigenvalue weighted by Crippen LogP contribution is 2.25. The number of nitrogens with zero attached hydrogens (tertiary/aromatic N) is 2. The molecule has 0 aliphatic carbocycles. The second-order valence-corrected chi connectivity index (χ2v) is 6.47. The normalized spacial score (nSPS) is 14.4. The minimum absolute atomic E-state index is 0.201. The summed E-state index contributed by atoms with van der Waals surface area (Å²) in [6, 6.07) is 9.92. The largest absolute Gasteiger partial charge is 0.494 e. The maximum absolute atomic E-state index is 14.3. The van der Waals surface area contributed by atoms with E-state index < -0.39 is 23.1 Å². The zero-order valence-corrected chi connectivity index (χ0v) is 15.2. The number of ether oxygens (including phenoxy) is 1. The summed E-state index contributed by atoms with van der Waals surface area (Å²) in [5.74, 6) is -3.37. The van der Waals surface area contributed by atoms with Gasteiger partial charge in [-0.15, -0.1) is 0 Å². The monoisotopic (exact) mass is 374 g/mol. The predicted molar refractivity (Wildman–Crippen MR) is 95.4 cm³/mol. The molecule has 0 saturated carbocycles. The Morgan fingerprint density at radius 3 is 2.44 bits per heavy atom. The number of piperazine rings is 1. The summed E-state index contributed by atoms with van der Waals surface area (Å²) < 4.78 is 33.2. The van der Waals surface area contributed by atoms with Crippen LogP contribution >= 0.6 is 0 Å². The van der Waals surface area contributed by atoms with Crippen LogP contribution in [0.5, 0.6) is 5.75 Å². The van der Waals surface area contributed by atoms with Crippen molar-refractivity contribution in [1.82, 2.24) is 9.80 Å². The molecule has 0 unspecified atom stereocenters. The molecule has 7 heteroatoms. The molecule has 0 atom stereocenters. The first kappa shape index (κ1) is 18.8. The zero-order valence-electron chi connectivity index (χ0n) is 15.2. The Hall–Kier alpha value is -2.96. The molecule has 3 rings (SSSR count). The van der Waals surface area contributed by atoms with Gasteiger partial charge in [-0.1, -0.05) is 29.8 Å². The highest BCUT2D eigenvalue weighted by Gasteiger charge is 2.31. The Labute approximate surface area is 156 Å². The fraction of sp³-hybridized carbons (Fsp3) is 0.300. The van der Waals surface area contributed by atoms with Gasteiger partial charge in [-0.25, -0.2) is 8.78 Å². The van der Waals surface area contributed by atoms with E-state index in [4.69, 9.17) is 4.74 Å². The van der Waals surface area contributed by atoms with Crippen LogP contribution in [-0.4, -0.2) is 48.4 Å². The molecule has 0 N–H and O–H groups in total. The summed E-state index contributed by atoms with van der Waals surface area (Å²) in [6.07, 6.45) is 0. The van der Waals surface area contributed by atoms with Gasteiger partial charge in [0.25, 0.3) is 5.91 Å². The van der Waals surface area contributed by atoms with Crippen molar-refractivity contribution in [3.63, 3.8) is 0 Å². The highest BCUT2D eigenvalue weighted by molar-refractivity contribution is 5.97. The van der Waals surface area contributed by atoms with Gasteiger partial charge in [0.15, 0.2) is 11.6 Å². The lowest BCUT2D eigenvalue weighted by Gasteiger charge is -2.34. The van der Waals surface area contributed by atoms with E-state index in [1.807, 2.05) is 31.2 Å². The third-order valence-corrected chi connectivity index (χ3v) is 4.59. The van der Waals surface area contributed by atoms with Gasteiger partial charge in [-0.05, 0) is 24.6 Å². The van der Waals surface area contributed by atoms with Gasteiger partial charge in [0.1, 0.15) is 17.9 Å². The van der Waals surface area contributed by atoms with Crippen LogP contribution in [0.25, 0.3) is 0 Å². The number of benzene rings is 2. The Balaban J connectivity index is 1.72. The van der Waals surface area contributed by atoms with E-state index >= 15 is 0 Å². The Kier molecular flexibility index (Phi) is 5.39. The third-order valence-electron chi connectivity index (χ3n) is 4.59. The first-order chi connectivity index (χ1) is 12.9. The van der Waals surface area contributed by atoms with Crippen LogP contribution in [-0.2, 0) is 11.3 Å². The van der Waals surface area contributed by atoms with Crippen molar-refractivity contribution in [2.45, 2.75) is 13.5 Å². The molecule has 5 nitrogen and oxygen atoms in total. The van der Waals surface area contributed by atoms with E-state index in [9.17, 15) is 18.4 Å². The molecule has 142 valence electrons. The van der Waals surface area contributed by atoms with E-state index in [0.717, 1.165) is 28.2 Å². The molecule has 1 aliphatic rings. The lowest BCUT2D eigenvalue weighted by Crippen LogP contribution is -2.52. The van der Waals surface area contributed by atoms with Gasteiger partial charge >= 0.3 is 0 Å². The third kappa shape index (κ3) is 3.92. The van der Waals surface area contributed by atoms with Crippen molar-refractivity contribution >= 4 is 11.8 Å². The lowest BCUT2D eigenvalue weighted by atomic mass is 10.1. The van der Waals surface area contributed by atoms with Crippen LogP contribution in [0.4, 0.5) is 8.78 Å². The van der Waals surface area contributed by atoms with Crippen molar-refractivity contribution in [2.24, 2.45) is 0 Å². The van der Waals surface area contributed by atoms with Gasteiger partial charge < -0.3 is 14.5 Å². The minimum Gasteiger partial charge on any atom is -0.494 e. The molecule has 1 fully saturated rings. The van der Waals surface area contributed by atoms with E-state index in [1.54, 1.807) is 4.90 Å². The molecule has 2 aromatic carbocycles. The molecular weight excluding hydrogens is 354 g/mol. The number of rotatable bonds is 4. The smallest absolute Gasteiger partial charge is 0.260 e. The van der Waals surface area contributed by atoms with Gasteiger partial charge in [-0.2, -0.15) is 0 Å². The number of halogens is 2. The fourth-order valence-corrected chi connectivity index (χ4v) is 3.01. The molecule has 2 amide bonds. The van der Waals surface area contributed by atoms with Gasteiger partial charge in [0, 0.05) is 19.6 Å². The summed E-state index contributed by atoms with van der Waals surface area (Å²) in [7, 11) is 1.23. The van der Waals surface area contributed by atoms with Crippen molar-refractivity contribution in [3.8, 4) is 5.75 Å². The summed E-state index contributed by atoms with van der Waals surface area (Å²) >= 11 is 0. The second kappa shape index (κ2) is 7.73. The van der Waals surface area contributed by atoms with Crippen LogP contribution in [0.3, 0.4) is 0 Å². The quantitative estimate of drug-likeness (QED) is 0.827. The Morgan fingerprint density at radius 1 is 1.11 bits per heavy atom. The number of methoxy groups -OCH3 is 1. The lowest BCUT2D eigenvalue weighted by molar-refractivity contribution is -0.135. The molecule has 0 radical (unpaired) electrons. The number of aryl methyl sites for hydroxylation is 1. The van der Waals surface area contributed by atoms with Crippen LogP contribution in [0.15, 0.2) is 36.4 Å². The molecule has 0 aromatic heterocycles. The standard InChI is InChI=1S/C20H20F2N2O3/c1-13-3-5-14(6-4-13)11-23-9-10-24(12-17(23)25)20(26)18-15(21)7-8-16(27-2)19(18)22/h3-8H,9-12H2,1-2H3. The first-order valence-electron chi connectivity index (χ1n) is 8.55. The maximum atomic E-state index is 14.3. The number of hydrogen-bond donors (Lipinski definition) is 0. The van der Waals surface area contributed by atoms with Crippen LogP contribution in [0.2, 0.25) is 0 Å². The Bertz CT molecular complexity index is 868. The summed E-state index contributed by atoms with van der Waals surface area (Å²) in [5.41, 5.74) is 1.41. The van der Waals surface area contributed by atoms with Crippen LogP contribution in [0.1, 0.15) is 21.5 Å². The summed E-state index contributed by atoms with van der Waals surface area (Å²) in [6.45, 7) is 2.69. The molecule has 0 spiro atoms. The maximum Gasteiger partial charge on any atom is 0.260 e.